The number of hydrogen-bond donors (Lipinski definition) is 0. The first-order valence-electron chi connectivity index (χ1n) is 25.9. The minimum atomic E-state index is -1.35. The fraction of sp³-hybridized carbons (Fsp3) is 0.885. The summed E-state index contributed by atoms with van der Waals surface area (Å²) >= 11 is 10.5. The lowest BCUT2D eigenvalue weighted by Crippen LogP contribution is -2.47. The monoisotopic (exact) mass is 1120 g/mol. The van der Waals surface area contributed by atoms with Gasteiger partial charge in [0.1, 0.15) is 39.6 Å². The molecular formula is C52H94O13S6. The summed E-state index contributed by atoms with van der Waals surface area (Å²) in [4.78, 5) is 79.7. The van der Waals surface area contributed by atoms with Gasteiger partial charge in [-0.05, 0) is 149 Å². The van der Waals surface area contributed by atoms with Crippen molar-refractivity contribution >= 4 is 106 Å². The van der Waals surface area contributed by atoms with E-state index in [1.165, 1.54) is 0 Å². The van der Waals surface area contributed by atoms with Gasteiger partial charge in [-0.1, -0.05) is 38.5 Å². The Morgan fingerprint density at radius 2 is 0.423 bits per heavy atom. The van der Waals surface area contributed by atoms with Crippen molar-refractivity contribution in [1.29, 1.82) is 0 Å². The second-order valence-electron chi connectivity index (χ2n) is 18.3. The van der Waals surface area contributed by atoms with Gasteiger partial charge in [0.05, 0.1) is 24.0 Å². The summed E-state index contributed by atoms with van der Waals surface area (Å²) in [7, 11) is 0. The fourth-order valence-electron chi connectivity index (χ4n) is 6.97. The lowest BCUT2D eigenvalue weighted by atomic mass is 9.90. The second kappa shape index (κ2) is 49.7. The van der Waals surface area contributed by atoms with Crippen molar-refractivity contribution in [2.24, 2.45) is 10.8 Å². The molecule has 0 aromatic rings. The zero-order valence-corrected chi connectivity index (χ0v) is 49.5. The lowest BCUT2D eigenvalue weighted by Gasteiger charge is -2.35. The molecular weight excluding hydrogens is 1020 g/mol. The molecule has 0 aromatic carbocycles. The predicted octanol–water partition coefficient (Wildman–Crippen LogP) is 11.8. The standard InChI is InChI=1S/C52H94O13S6/c1-66-31-19-7-13-25-45(53)60-39-51(40-61-46(54)26-14-8-20-32-67-2,41-62-47(55)27-15-9-21-33-68-3)37-59-38-52(42-63-48(56)28-16-10-22-34-69-4,43-64-49(57)29-17-11-23-35-70-5)44-65-50(58)30-18-12-24-36-71-6/h7-44H2,1-6H3. The molecule has 0 N–H and O–H groups in total. The number of unbranched alkanes of at least 4 members (excludes halogenated alkanes) is 12. The molecule has 0 aliphatic rings. The highest BCUT2D eigenvalue weighted by Gasteiger charge is 2.41. The summed E-state index contributed by atoms with van der Waals surface area (Å²) in [5, 5.41) is 0. The molecule has 0 bridgehead atoms. The molecule has 13 nitrogen and oxygen atoms in total. The smallest absolute Gasteiger partial charge is 0.305 e. The van der Waals surface area contributed by atoms with Crippen LogP contribution in [0.5, 0.6) is 0 Å². The van der Waals surface area contributed by atoms with Gasteiger partial charge >= 0.3 is 35.8 Å². The van der Waals surface area contributed by atoms with Gasteiger partial charge in [-0.3, -0.25) is 28.8 Å². The van der Waals surface area contributed by atoms with E-state index in [-0.39, 0.29) is 91.4 Å². The predicted molar refractivity (Wildman–Crippen MR) is 303 cm³/mol. The number of carbonyl (C=O) groups is 6. The summed E-state index contributed by atoms with van der Waals surface area (Å²) in [6, 6.07) is 0. The molecule has 0 radical (unpaired) electrons. The maximum atomic E-state index is 13.3. The van der Waals surface area contributed by atoms with Crippen molar-refractivity contribution in [3.05, 3.63) is 0 Å². The molecule has 0 unspecified atom stereocenters. The highest BCUT2D eigenvalue weighted by Crippen LogP contribution is 2.28. The van der Waals surface area contributed by atoms with Crippen LogP contribution in [0, 0.1) is 10.8 Å². The maximum absolute atomic E-state index is 13.3. The first kappa shape index (κ1) is 69.9. The van der Waals surface area contributed by atoms with Crippen LogP contribution in [0.15, 0.2) is 0 Å². The van der Waals surface area contributed by atoms with Crippen molar-refractivity contribution in [3.8, 4) is 0 Å². The van der Waals surface area contributed by atoms with E-state index >= 15 is 0 Å². The summed E-state index contributed by atoms with van der Waals surface area (Å²) in [5.74, 6) is 3.36. The van der Waals surface area contributed by atoms with Crippen LogP contribution in [-0.2, 0) is 61.9 Å². The minimum Gasteiger partial charge on any atom is -0.465 e. The highest BCUT2D eigenvalue weighted by atomic mass is 32.2. The van der Waals surface area contributed by atoms with Gasteiger partial charge in [-0.2, -0.15) is 70.6 Å². The molecule has 0 atom stereocenters. The van der Waals surface area contributed by atoms with Gasteiger partial charge < -0.3 is 33.2 Å². The summed E-state index contributed by atoms with van der Waals surface area (Å²) in [6.45, 7) is -2.19. The van der Waals surface area contributed by atoms with Crippen molar-refractivity contribution in [2.75, 3.05) is 125 Å². The minimum absolute atomic E-state index is 0.189. The van der Waals surface area contributed by atoms with E-state index in [4.69, 9.17) is 33.2 Å². The zero-order valence-electron chi connectivity index (χ0n) is 44.6. The highest BCUT2D eigenvalue weighted by molar-refractivity contribution is 7.99. The topological polar surface area (TPSA) is 167 Å². The van der Waals surface area contributed by atoms with Crippen LogP contribution in [0.25, 0.3) is 0 Å². The molecule has 416 valence electrons. The molecule has 0 saturated carbocycles. The Bertz CT molecular complexity index is 1120. The molecule has 0 aliphatic heterocycles. The maximum Gasteiger partial charge on any atom is 0.305 e. The van der Waals surface area contributed by atoms with E-state index < -0.39 is 46.6 Å². The van der Waals surface area contributed by atoms with Crippen molar-refractivity contribution < 1.29 is 61.9 Å². The van der Waals surface area contributed by atoms with E-state index in [9.17, 15) is 28.8 Å². The Morgan fingerprint density at radius 3 is 0.577 bits per heavy atom. The van der Waals surface area contributed by atoms with Gasteiger partial charge in [0.15, 0.2) is 0 Å². The van der Waals surface area contributed by atoms with E-state index in [1.54, 1.807) is 70.6 Å². The number of thioether (sulfide) groups is 6. The Labute approximate surface area is 455 Å². The van der Waals surface area contributed by atoms with Crippen LogP contribution in [0.1, 0.15) is 154 Å². The third kappa shape index (κ3) is 42.8. The van der Waals surface area contributed by atoms with Crippen LogP contribution in [0.3, 0.4) is 0 Å². The number of ether oxygens (including phenoxy) is 7. The number of rotatable bonds is 52. The number of esters is 6. The molecule has 0 saturated heterocycles. The molecule has 0 spiro atoms. The first-order valence-corrected chi connectivity index (χ1v) is 34.3. The van der Waals surface area contributed by atoms with E-state index in [2.05, 4.69) is 0 Å². The van der Waals surface area contributed by atoms with Crippen molar-refractivity contribution in [3.63, 3.8) is 0 Å². The second-order valence-corrected chi connectivity index (χ2v) is 24.2. The largest absolute Gasteiger partial charge is 0.465 e. The molecule has 71 heavy (non-hydrogen) atoms. The van der Waals surface area contributed by atoms with Crippen LogP contribution >= 0.6 is 70.6 Å². The zero-order chi connectivity index (χ0) is 52.5. The van der Waals surface area contributed by atoms with Gasteiger partial charge in [0.25, 0.3) is 0 Å². The van der Waals surface area contributed by atoms with E-state index in [0.29, 0.717) is 38.5 Å². The molecule has 0 amide bonds. The Balaban J connectivity index is 6.94. The Morgan fingerprint density at radius 1 is 0.254 bits per heavy atom. The van der Waals surface area contributed by atoms with Crippen LogP contribution in [-0.4, -0.2) is 161 Å². The van der Waals surface area contributed by atoms with E-state index in [0.717, 1.165) is 112 Å². The van der Waals surface area contributed by atoms with Crippen LogP contribution in [0.4, 0.5) is 0 Å². The quantitative estimate of drug-likeness (QED) is 0.0320. The van der Waals surface area contributed by atoms with Crippen LogP contribution < -0.4 is 0 Å². The Hall–Kier alpha value is -1.12. The van der Waals surface area contributed by atoms with Gasteiger partial charge in [0, 0.05) is 38.5 Å². The normalized spacial score (nSPS) is 11.6. The molecule has 0 fully saturated rings. The summed E-state index contributed by atoms with van der Waals surface area (Å²) < 4.78 is 42.0. The average molecular weight is 1120 g/mol. The third-order valence-corrected chi connectivity index (χ3v) is 15.6. The van der Waals surface area contributed by atoms with E-state index in [1.807, 2.05) is 37.5 Å². The molecule has 0 rings (SSSR count). The summed E-state index contributed by atoms with van der Waals surface area (Å²) in [5.41, 5.74) is -2.70. The first-order chi connectivity index (χ1) is 34.4. The molecule has 0 heterocycles. The van der Waals surface area contributed by atoms with Gasteiger partial charge in [-0.15, -0.1) is 0 Å². The fourth-order valence-corrected chi connectivity index (χ4v) is 9.93. The number of carbonyl (C=O) groups excluding carboxylic acids is 6. The van der Waals surface area contributed by atoms with Gasteiger partial charge in [0.2, 0.25) is 0 Å². The number of hydrogen-bond acceptors (Lipinski definition) is 19. The SMILES string of the molecule is CSCCCCCC(=O)OCC(COCC(COC(=O)CCCCCSC)(COC(=O)CCCCCSC)COC(=O)CCCCCSC)(COC(=O)CCCCCSC)COC(=O)CCCCCSC. The average Bonchev–Trinajstić information content (AvgIpc) is 3.36. The van der Waals surface area contributed by atoms with Crippen LogP contribution in [0.2, 0.25) is 0 Å². The van der Waals surface area contributed by atoms with Gasteiger partial charge in [-0.25, -0.2) is 0 Å². The summed E-state index contributed by atoms with van der Waals surface area (Å²) in [6.07, 6.45) is 28.3. The Kier molecular flexibility index (Phi) is 49.0. The molecule has 19 heteroatoms. The van der Waals surface area contributed by atoms with Crippen molar-refractivity contribution in [2.45, 2.75) is 154 Å². The van der Waals surface area contributed by atoms with Crippen molar-refractivity contribution in [1.82, 2.24) is 0 Å². The molecule has 0 aromatic heterocycles. The third-order valence-electron chi connectivity index (χ3n) is 11.4. The molecule has 0 aliphatic carbocycles. The lowest BCUT2D eigenvalue weighted by molar-refractivity contribution is -0.175.